The Kier molecular flexibility index (Phi) is 3.15. The fourth-order valence-electron chi connectivity index (χ4n) is 1.89. The van der Waals surface area contributed by atoms with Crippen LogP contribution in [-0.4, -0.2) is 32.1 Å². The molecule has 90 valence electrons. The Balaban J connectivity index is 2.22. The summed E-state index contributed by atoms with van der Waals surface area (Å²) in [7, 11) is 5.39. The van der Waals surface area contributed by atoms with Gasteiger partial charge in [0, 0.05) is 5.56 Å². The molecule has 1 aliphatic heterocycles. The van der Waals surface area contributed by atoms with Crippen molar-refractivity contribution in [3.63, 3.8) is 0 Å². The maximum atomic E-state index is 5.29. The number of nitrogens with zero attached hydrogens (tertiary/aromatic N) is 2. The number of methoxy groups -OCH3 is 2. The standard InChI is InChI=1S/C13H17N2O2/c1-15(7-6-14-10-15)9-11-4-5-12(16-2)13(8-11)17-3/h4-8,10H,9H2,1-3H3/q+1. The number of aliphatic imine (C=N–C) groups is 1. The highest BCUT2D eigenvalue weighted by molar-refractivity contribution is 5.51. The third-order valence-electron chi connectivity index (χ3n) is 2.79. The molecule has 1 unspecified atom stereocenters. The van der Waals surface area contributed by atoms with E-state index in [1.807, 2.05) is 30.7 Å². The van der Waals surface area contributed by atoms with E-state index in [0.717, 1.165) is 18.0 Å². The third kappa shape index (κ3) is 2.47. The molecule has 0 fully saturated rings. The molecule has 0 spiro atoms. The van der Waals surface area contributed by atoms with Crippen LogP contribution in [0, 0.1) is 0 Å². The fourth-order valence-corrected chi connectivity index (χ4v) is 1.89. The van der Waals surface area contributed by atoms with Crippen molar-refractivity contribution < 1.29 is 14.0 Å². The molecular weight excluding hydrogens is 216 g/mol. The molecule has 1 atom stereocenters. The van der Waals surface area contributed by atoms with Crippen molar-refractivity contribution >= 4 is 6.34 Å². The Morgan fingerprint density at radius 1 is 1.18 bits per heavy atom. The van der Waals surface area contributed by atoms with Crippen LogP contribution in [0.1, 0.15) is 5.56 Å². The highest BCUT2D eigenvalue weighted by Gasteiger charge is 2.20. The van der Waals surface area contributed by atoms with E-state index in [-0.39, 0.29) is 0 Å². The maximum absolute atomic E-state index is 5.29. The smallest absolute Gasteiger partial charge is 0.194 e. The van der Waals surface area contributed by atoms with Crippen molar-refractivity contribution in [2.45, 2.75) is 6.54 Å². The minimum atomic E-state index is 0.676. The first kappa shape index (κ1) is 11.7. The van der Waals surface area contributed by atoms with E-state index in [0.29, 0.717) is 4.48 Å². The summed E-state index contributed by atoms with van der Waals surface area (Å²) < 4.78 is 11.2. The summed E-state index contributed by atoms with van der Waals surface area (Å²) in [6.45, 7) is 0.848. The molecule has 1 heterocycles. The average Bonchev–Trinajstić information content (AvgIpc) is 2.75. The molecule has 1 aromatic carbocycles. The van der Waals surface area contributed by atoms with Gasteiger partial charge in [0.2, 0.25) is 0 Å². The summed E-state index contributed by atoms with van der Waals surface area (Å²) in [6, 6.07) is 5.98. The number of hydrogen-bond donors (Lipinski definition) is 0. The van der Waals surface area contributed by atoms with Gasteiger partial charge in [-0.25, -0.2) is 4.99 Å². The number of ether oxygens (including phenoxy) is 2. The minimum Gasteiger partial charge on any atom is -0.493 e. The fraction of sp³-hybridized carbons (Fsp3) is 0.308. The number of benzene rings is 1. The summed E-state index contributed by atoms with van der Waals surface area (Å²) in [5, 5.41) is 0. The SMILES string of the molecule is COc1ccc(C[N+]2(C)C=CN=C2)cc1OC. The molecule has 0 N–H and O–H groups in total. The topological polar surface area (TPSA) is 30.8 Å². The lowest BCUT2D eigenvalue weighted by Gasteiger charge is -2.22. The summed E-state index contributed by atoms with van der Waals surface area (Å²) >= 11 is 0. The van der Waals surface area contributed by atoms with Gasteiger partial charge in [0.05, 0.1) is 27.5 Å². The summed E-state index contributed by atoms with van der Waals surface area (Å²) in [6.07, 6.45) is 5.79. The summed E-state index contributed by atoms with van der Waals surface area (Å²) in [4.78, 5) is 4.12. The Bertz CT molecular complexity index is 454. The molecule has 0 radical (unpaired) electrons. The van der Waals surface area contributed by atoms with Crippen LogP contribution in [0.4, 0.5) is 0 Å². The molecule has 0 aromatic heterocycles. The summed E-state index contributed by atoms with van der Waals surface area (Å²) in [5.74, 6) is 1.52. The van der Waals surface area contributed by atoms with Crippen LogP contribution in [0.15, 0.2) is 35.6 Å². The zero-order valence-electron chi connectivity index (χ0n) is 10.4. The van der Waals surface area contributed by atoms with Gasteiger partial charge < -0.3 is 9.47 Å². The first-order valence-corrected chi connectivity index (χ1v) is 5.45. The van der Waals surface area contributed by atoms with Crippen molar-refractivity contribution in [1.29, 1.82) is 0 Å². The second kappa shape index (κ2) is 4.59. The second-order valence-electron chi connectivity index (χ2n) is 4.26. The summed E-state index contributed by atoms with van der Waals surface area (Å²) in [5.41, 5.74) is 1.18. The lowest BCUT2D eigenvalue weighted by atomic mass is 10.2. The Labute approximate surface area is 101 Å². The van der Waals surface area contributed by atoms with E-state index in [1.165, 1.54) is 5.56 Å². The van der Waals surface area contributed by atoms with Crippen molar-refractivity contribution in [3.05, 3.63) is 36.2 Å². The van der Waals surface area contributed by atoms with E-state index < -0.39 is 0 Å². The monoisotopic (exact) mass is 233 g/mol. The average molecular weight is 233 g/mol. The second-order valence-corrected chi connectivity index (χ2v) is 4.26. The quantitative estimate of drug-likeness (QED) is 0.746. The zero-order valence-corrected chi connectivity index (χ0v) is 10.4. The number of hydrogen-bond acceptors (Lipinski definition) is 3. The maximum Gasteiger partial charge on any atom is 0.194 e. The van der Waals surface area contributed by atoms with Crippen molar-refractivity contribution in [1.82, 2.24) is 0 Å². The molecule has 0 saturated carbocycles. The predicted octanol–water partition coefficient (Wildman–Crippen LogP) is 2.16. The van der Waals surface area contributed by atoms with E-state index >= 15 is 0 Å². The largest absolute Gasteiger partial charge is 0.493 e. The van der Waals surface area contributed by atoms with Gasteiger partial charge in [-0.05, 0) is 18.2 Å². The van der Waals surface area contributed by atoms with Gasteiger partial charge in [-0.1, -0.05) is 0 Å². The van der Waals surface area contributed by atoms with E-state index in [4.69, 9.17) is 9.47 Å². The Morgan fingerprint density at radius 3 is 2.53 bits per heavy atom. The highest BCUT2D eigenvalue weighted by Crippen LogP contribution is 2.28. The normalized spacial score (nSPS) is 21.8. The van der Waals surface area contributed by atoms with Gasteiger partial charge in [-0.3, -0.25) is 4.48 Å². The van der Waals surface area contributed by atoms with Crippen LogP contribution in [0.3, 0.4) is 0 Å². The molecule has 1 aromatic rings. The number of quaternary nitrogens is 1. The molecular formula is C13H17N2O2+. The molecule has 1 aliphatic rings. The van der Waals surface area contributed by atoms with E-state index in [9.17, 15) is 0 Å². The first-order chi connectivity index (χ1) is 8.17. The Hall–Kier alpha value is -1.81. The van der Waals surface area contributed by atoms with Crippen LogP contribution >= 0.6 is 0 Å². The Morgan fingerprint density at radius 2 is 1.94 bits per heavy atom. The van der Waals surface area contributed by atoms with Crippen LogP contribution in [-0.2, 0) is 6.54 Å². The minimum absolute atomic E-state index is 0.676. The van der Waals surface area contributed by atoms with Crippen LogP contribution in [0.25, 0.3) is 0 Å². The molecule has 0 bridgehead atoms. The highest BCUT2D eigenvalue weighted by atomic mass is 16.5. The lowest BCUT2D eigenvalue weighted by Crippen LogP contribution is -2.33. The van der Waals surface area contributed by atoms with Gasteiger partial charge in [-0.2, -0.15) is 0 Å². The van der Waals surface area contributed by atoms with Crippen LogP contribution < -0.4 is 9.47 Å². The molecule has 0 aliphatic carbocycles. The van der Waals surface area contributed by atoms with Crippen molar-refractivity contribution in [3.8, 4) is 11.5 Å². The first-order valence-electron chi connectivity index (χ1n) is 5.45. The van der Waals surface area contributed by atoms with E-state index in [2.05, 4.69) is 18.2 Å². The third-order valence-corrected chi connectivity index (χ3v) is 2.79. The van der Waals surface area contributed by atoms with Gasteiger partial charge in [0.1, 0.15) is 12.7 Å². The van der Waals surface area contributed by atoms with Crippen molar-refractivity contribution in [2.24, 2.45) is 4.99 Å². The van der Waals surface area contributed by atoms with Crippen LogP contribution in [0.2, 0.25) is 0 Å². The van der Waals surface area contributed by atoms with Gasteiger partial charge in [0.15, 0.2) is 17.8 Å². The number of rotatable bonds is 4. The van der Waals surface area contributed by atoms with Gasteiger partial charge in [-0.15, -0.1) is 0 Å². The van der Waals surface area contributed by atoms with Gasteiger partial charge >= 0.3 is 0 Å². The molecule has 17 heavy (non-hydrogen) atoms. The van der Waals surface area contributed by atoms with Crippen LogP contribution in [0.5, 0.6) is 11.5 Å². The van der Waals surface area contributed by atoms with Crippen molar-refractivity contribution in [2.75, 3.05) is 21.3 Å². The zero-order chi connectivity index (χ0) is 12.3. The van der Waals surface area contributed by atoms with E-state index in [1.54, 1.807) is 14.2 Å². The predicted molar refractivity (Wildman–Crippen MR) is 67.1 cm³/mol. The molecule has 0 saturated heterocycles. The molecule has 0 amide bonds. The molecule has 4 nitrogen and oxygen atoms in total. The molecule has 4 heteroatoms. The van der Waals surface area contributed by atoms with Gasteiger partial charge in [0.25, 0.3) is 0 Å². The lowest BCUT2D eigenvalue weighted by molar-refractivity contribution is -0.771. The molecule has 2 rings (SSSR count).